The number of unbranched alkanes of at least 4 members (excludes halogenated alkanes) is 1. The van der Waals surface area contributed by atoms with Crippen molar-refractivity contribution in [1.82, 2.24) is 0 Å². The maximum absolute atomic E-state index is 9.22. The van der Waals surface area contributed by atoms with Crippen molar-refractivity contribution in [1.29, 1.82) is 0 Å². The molecule has 5 heteroatoms. The van der Waals surface area contributed by atoms with Crippen LogP contribution in [0.3, 0.4) is 0 Å². The van der Waals surface area contributed by atoms with Gasteiger partial charge in [-0.15, -0.1) is 0 Å². The van der Waals surface area contributed by atoms with E-state index in [4.69, 9.17) is 14.6 Å². The van der Waals surface area contributed by atoms with Crippen molar-refractivity contribution in [2.45, 2.75) is 99.2 Å². The molecule has 0 bridgehead atoms. The Morgan fingerprint density at radius 3 is 2.23 bits per heavy atom. The van der Waals surface area contributed by atoms with Crippen LogP contribution in [0, 0.1) is 11.8 Å². The van der Waals surface area contributed by atoms with E-state index in [1.807, 2.05) is 20.8 Å². The van der Waals surface area contributed by atoms with Gasteiger partial charge in [-0.25, -0.2) is 0 Å². The molecule has 0 aromatic rings. The maximum atomic E-state index is 9.22. The van der Waals surface area contributed by atoms with Gasteiger partial charge in [-0.05, 0) is 44.4 Å². The number of hydrogen-bond donors (Lipinski definition) is 2. The maximum Gasteiger partial charge on any atom is 0.214 e. The van der Waals surface area contributed by atoms with Gasteiger partial charge in [-0.3, -0.25) is 4.79 Å². The molecule has 180 valence electrons. The molecule has 2 rings (SSSR count). The summed E-state index contributed by atoms with van der Waals surface area (Å²) < 4.78 is 10.8. The number of hydrogen-bond acceptors (Lipinski definition) is 4. The highest BCUT2D eigenvalue weighted by molar-refractivity contribution is 5.70. The fraction of sp³-hybridized carbons (Fsp3) is 0.800. The average molecular weight is 430 g/mol. The quantitative estimate of drug-likeness (QED) is 0.404. The smallest absolute Gasteiger partial charge is 0.214 e. The highest BCUT2D eigenvalue weighted by Gasteiger charge is 2.37. The van der Waals surface area contributed by atoms with E-state index in [9.17, 15) is 4.79 Å². The molecule has 0 aromatic heterocycles. The van der Waals surface area contributed by atoms with Crippen LogP contribution in [-0.4, -0.2) is 43.5 Å². The zero-order valence-electron chi connectivity index (χ0n) is 21.0. The summed E-state index contributed by atoms with van der Waals surface area (Å²) in [5.74, 6) is 1.12. The number of carbonyl (C=O) groups excluding carboxylic acids is 1. The van der Waals surface area contributed by atoms with Crippen LogP contribution >= 0.6 is 0 Å². The van der Waals surface area contributed by atoms with E-state index in [0.29, 0.717) is 18.1 Å². The lowest BCUT2D eigenvalue weighted by Gasteiger charge is -2.16. The third kappa shape index (κ3) is 26.8. The monoisotopic (exact) mass is 429 g/mol. The number of aliphatic hydroxyl groups excluding tert-OH is 1. The molecule has 5 nitrogen and oxygen atoms in total. The van der Waals surface area contributed by atoms with Gasteiger partial charge in [0.1, 0.15) is 0 Å². The molecule has 4 unspecified atom stereocenters. The molecule has 4 atom stereocenters. The molecule has 2 saturated heterocycles. The Kier molecular flexibility index (Phi) is 28.9. The van der Waals surface area contributed by atoms with Crippen LogP contribution in [0.1, 0.15) is 87.0 Å². The summed E-state index contributed by atoms with van der Waals surface area (Å²) in [5, 5.41) is 7.00. The molecular weight excluding hydrogens is 378 g/mol. The van der Waals surface area contributed by atoms with Gasteiger partial charge in [-0.1, -0.05) is 71.8 Å². The fourth-order valence-electron chi connectivity index (χ4n) is 2.76. The van der Waals surface area contributed by atoms with Gasteiger partial charge in [-0.2, -0.15) is 0 Å². The van der Waals surface area contributed by atoms with Crippen molar-refractivity contribution < 1.29 is 19.4 Å². The summed E-state index contributed by atoms with van der Waals surface area (Å²) in [6, 6.07) is 0. The number of ether oxygens (including phenoxy) is 2. The molecule has 0 aliphatic carbocycles. The topological polar surface area (TPSA) is 85.1 Å². The van der Waals surface area contributed by atoms with Gasteiger partial charge in [0.15, 0.2) is 0 Å². The van der Waals surface area contributed by atoms with Crippen molar-refractivity contribution in [2.24, 2.45) is 17.6 Å². The number of aliphatic hydroxyl groups is 1. The Morgan fingerprint density at radius 1 is 1.23 bits per heavy atom. The van der Waals surface area contributed by atoms with E-state index >= 15 is 0 Å². The molecule has 0 spiro atoms. The van der Waals surface area contributed by atoms with Crippen molar-refractivity contribution in [3.8, 4) is 0 Å². The number of epoxide rings is 1. The zero-order valence-corrected chi connectivity index (χ0v) is 21.0. The number of carbonyl (C=O) groups is 1. The SMILES string of the molecule is C/C=C\C=C\C(C)CC1OC1CCCC.CC.CC(N)=O.CC1CCCOC1.CO. The molecule has 2 aliphatic heterocycles. The average Bonchev–Trinajstić information content (AvgIpc) is 3.48. The van der Waals surface area contributed by atoms with E-state index < -0.39 is 0 Å². The highest BCUT2D eigenvalue weighted by Crippen LogP contribution is 2.32. The second-order valence-corrected chi connectivity index (χ2v) is 7.41. The van der Waals surface area contributed by atoms with Crippen LogP contribution in [0.4, 0.5) is 0 Å². The molecular formula is C25H51NO4. The standard InChI is InChI=1S/C14H24O.C6H12O.C2H5NO.C2H6.CH4O/c1-4-6-8-9-12(3)11-14-13(15-14)10-7-5-2;1-6-3-2-4-7-5-6;1-2(3)4;2*1-2/h4,6,8-9,12-14H,5,7,10-11H2,1-3H3;6H,2-5H2,1H3;1H3,(H2,3,4);1-2H3;2H,1H3/b6-4-,9-8+;;;;. The number of allylic oxidation sites excluding steroid dienone is 4. The van der Waals surface area contributed by atoms with Gasteiger partial charge in [0.05, 0.1) is 12.2 Å². The Morgan fingerprint density at radius 2 is 1.83 bits per heavy atom. The van der Waals surface area contributed by atoms with Crippen molar-refractivity contribution in [3.63, 3.8) is 0 Å². The van der Waals surface area contributed by atoms with Crippen LogP contribution in [0.25, 0.3) is 0 Å². The van der Waals surface area contributed by atoms with Crippen LogP contribution in [-0.2, 0) is 14.3 Å². The number of rotatable bonds is 7. The molecule has 3 N–H and O–H groups in total. The van der Waals surface area contributed by atoms with Crippen molar-refractivity contribution >= 4 is 5.91 Å². The second kappa shape index (κ2) is 25.9. The van der Waals surface area contributed by atoms with Crippen LogP contribution in [0.2, 0.25) is 0 Å². The van der Waals surface area contributed by atoms with Crippen LogP contribution < -0.4 is 5.73 Å². The normalized spacial score (nSPS) is 22.8. The number of primary amides is 1. The molecule has 30 heavy (non-hydrogen) atoms. The first-order valence-corrected chi connectivity index (χ1v) is 11.6. The third-order valence-electron chi connectivity index (χ3n) is 4.27. The predicted octanol–water partition coefficient (Wildman–Crippen LogP) is 5.66. The minimum absolute atomic E-state index is 0.333. The Labute approximate surface area is 187 Å². The fourth-order valence-corrected chi connectivity index (χ4v) is 2.76. The molecule has 2 fully saturated rings. The molecule has 0 saturated carbocycles. The van der Waals surface area contributed by atoms with Crippen LogP contribution in [0.15, 0.2) is 24.3 Å². The first-order valence-electron chi connectivity index (χ1n) is 11.6. The van der Waals surface area contributed by atoms with Gasteiger partial charge in [0.25, 0.3) is 0 Å². The summed E-state index contributed by atoms with van der Waals surface area (Å²) in [6.07, 6.45) is 17.3. The minimum Gasteiger partial charge on any atom is -0.400 e. The molecule has 0 radical (unpaired) electrons. The lowest BCUT2D eigenvalue weighted by atomic mass is 10.0. The summed E-state index contributed by atoms with van der Waals surface area (Å²) in [7, 11) is 1.00. The van der Waals surface area contributed by atoms with Crippen molar-refractivity contribution in [3.05, 3.63) is 24.3 Å². The van der Waals surface area contributed by atoms with Crippen molar-refractivity contribution in [2.75, 3.05) is 20.3 Å². The molecule has 2 heterocycles. The van der Waals surface area contributed by atoms with Gasteiger partial charge < -0.3 is 20.3 Å². The van der Waals surface area contributed by atoms with Gasteiger partial charge in [0, 0.05) is 27.2 Å². The van der Waals surface area contributed by atoms with Crippen LogP contribution in [0.5, 0.6) is 0 Å². The lowest BCUT2D eigenvalue weighted by Crippen LogP contribution is -2.13. The van der Waals surface area contributed by atoms with E-state index in [-0.39, 0.29) is 5.91 Å². The van der Waals surface area contributed by atoms with E-state index in [0.717, 1.165) is 26.2 Å². The van der Waals surface area contributed by atoms with E-state index in [1.54, 1.807) is 0 Å². The minimum atomic E-state index is -0.333. The Hall–Kier alpha value is -1.17. The van der Waals surface area contributed by atoms with E-state index in [2.05, 4.69) is 50.8 Å². The Bertz CT molecular complexity index is 400. The first-order chi connectivity index (χ1) is 14.4. The highest BCUT2D eigenvalue weighted by atomic mass is 16.6. The summed E-state index contributed by atoms with van der Waals surface area (Å²) in [5.41, 5.74) is 4.47. The zero-order chi connectivity index (χ0) is 23.8. The predicted molar refractivity (Wildman–Crippen MR) is 129 cm³/mol. The Balaban J connectivity index is -0.000000403. The largest absolute Gasteiger partial charge is 0.400 e. The summed E-state index contributed by atoms with van der Waals surface area (Å²) >= 11 is 0. The third-order valence-corrected chi connectivity index (χ3v) is 4.27. The van der Waals surface area contributed by atoms with E-state index in [1.165, 1.54) is 45.4 Å². The number of amides is 1. The summed E-state index contributed by atoms with van der Waals surface area (Å²) in [4.78, 5) is 9.22. The van der Waals surface area contributed by atoms with Gasteiger partial charge in [0.2, 0.25) is 5.91 Å². The van der Waals surface area contributed by atoms with Gasteiger partial charge >= 0.3 is 0 Å². The first kappa shape index (κ1) is 33.5. The second-order valence-electron chi connectivity index (χ2n) is 7.41. The lowest BCUT2D eigenvalue weighted by molar-refractivity contribution is -0.115. The number of nitrogens with two attached hydrogens (primary N) is 1. The molecule has 1 amide bonds. The molecule has 2 aliphatic rings. The summed E-state index contributed by atoms with van der Waals surface area (Å²) in [6.45, 7) is 16.1. The molecule has 0 aromatic carbocycles.